The molecule has 9 heteroatoms. The van der Waals surface area contributed by atoms with Gasteiger partial charge in [0.15, 0.2) is 0 Å². The van der Waals surface area contributed by atoms with Crippen LogP contribution in [0.15, 0.2) is 48.5 Å². The number of hydrogen-bond acceptors (Lipinski definition) is 5. The summed E-state index contributed by atoms with van der Waals surface area (Å²) in [6.07, 6.45) is 2.48. The maximum atomic E-state index is 12.6. The topological polar surface area (TPSA) is 143 Å². The van der Waals surface area contributed by atoms with Crippen LogP contribution in [0.25, 0.3) is 0 Å². The molecule has 2 aromatic carbocycles. The van der Waals surface area contributed by atoms with Gasteiger partial charge in [0.2, 0.25) is 11.8 Å². The first-order valence-corrected chi connectivity index (χ1v) is 10.6. The first kappa shape index (κ1) is 22.9. The lowest BCUT2D eigenvalue weighted by Gasteiger charge is -2.17. The van der Waals surface area contributed by atoms with E-state index in [2.05, 4.69) is 16.0 Å². The van der Waals surface area contributed by atoms with Gasteiger partial charge >= 0.3 is 6.09 Å². The van der Waals surface area contributed by atoms with Crippen LogP contribution in [0.1, 0.15) is 38.5 Å². The number of nitrogen functional groups attached to an aromatic ring is 1. The molecule has 0 heterocycles. The largest absolute Gasteiger partial charge is 0.490 e. The molecular weight excluding hydrogens is 412 g/mol. The number of anilines is 3. The number of carbonyl (C=O) groups excluding carboxylic acids is 2. The third-order valence-corrected chi connectivity index (χ3v) is 4.92. The second kappa shape index (κ2) is 11.0. The van der Waals surface area contributed by atoms with E-state index >= 15 is 0 Å². The maximum absolute atomic E-state index is 12.6. The summed E-state index contributed by atoms with van der Waals surface area (Å²) in [4.78, 5) is 35.9. The Morgan fingerprint density at radius 1 is 1.06 bits per heavy atom. The number of ether oxygens (including phenoxy) is 1. The normalized spacial score (nSPS) is 13.6. The zero-order chi connectivity index (χ0) is 22.9. The van der Waals surface area contributed by atoms with Crippen LogP contribution < -0.4 is 26.4 Å². The van der Waals surface area contributed by atoms with Crippen LogP contribution in [0.3, 0.4) is 0 Å². The summed E-state index contributed by atoms with van der Waals surface area (Å²) in [5, 5.41) is 16.8. The molecule has 1 aliphatic carbocycles. The molecule has 3 amide bonds. The van der Waals surface area contributed by atoms with Crippen LogP contribution in [0.2, 0.25) is 0 Å². The smallest absolute Gasteiger partial charge is 0.405 e. The molecule has 0 aliphatic heterocycles. The van der Waals surface area contributed by atoms with E-state index in [1.165, 1.54) is 0 Å². The highest BCUT2D eigenvalue weighted by atomic mass is 16.5. The van der Waals surface area contributed by atoms with Crippen molar-refractivity contribution in [1.82, 2.24) is 5.32 Å². The zero-order valence-corrected chi connectivity index (χ0v) is 17.7. The summed E-state index contributed by atoms with van der Waals surface area (Å²) in [6.45, 7) is 0. The summed E-state index contributed by atoms with van der Waals surface area (Å²) in [5.41, 5.74) is 7.38. The number of carboxylic acid groups (broad SMARTS) is 1. The first-order chi connectivity index (χ1) is 15.4. The van der Waals surface area contributed by atoms with Crippen molar-refractivity contribution in [2.24, 2.45) is 0 Å². The van der Waals surface area contributed by atoms with Gasteiger partial charge in [-0.25, -0.2) is 4.79 Å². The highest BCUT2D eigenvalue weighted by Crippen LogP contribution is 2.28. The Balaban J connectivity index is 1.46. The Labute approximate surface area is 186 Å². The lowest BCUT2D eigenvalue weighted by molar-refractivity contribution is -0.118. The van der Waals surface area contributed by atoms with Gasteiger partial charge in [0, 0.05) is 18.2 Å². The predicted octanol–water partition coefficient (Wildman–Crippen LogP) is 3.58. The first-order valence-electron chi connectivity index (χ1n) is 10.6. The van der Waals surface area contributed by atoms with Crippen molar-refractivity contribution in [2.45, 2.75) is 50.7 Å². The van der Waals surface area contributed by atoms with Gasteiger partial charge < -0.3 is 31.5 Å². The second-order valence-electron chi connectivity index (χ2n) is 7.72. The zero-order valence-electron chi connectivity index (χ0n) is 17.7. The molecule has 3 rings (SSSR count). The molecule has 0 spiro atoms. The Hall–Kier alpha value is -3.75. The Morgan fingerprint density at radius 2 is 1.84 bits per heavy atom. The summed E-state index contributed by atoms with van der Waals surface area (Å²) < 4.78 is 5.72. The van der Waals surface area contributed by atoms with E-state index in [1.807, 2.05) is 6.07 Å². The minimum absolute atomic E-state index is 0.192. The van der Waals surface area contributed by atoms with Gasteiger partial charge in [0.1, 0.15) is 11.8 Å². The monoisotopic (exact) mass is 440 g/mol. The number of para-hydroxylation sites is 2. The molecule has 0 radical (unpaired) electrons. The van der Waals surface area contributed by atoms with E-state index in [0.717, 1.165) is 12.8 Å². The summed E-state index contributed by atoms with van der Waals surface area (Å²) in [5.74, 6) is 0.0122. The van der Waals surface area contributed by atoms with Gasteiger partial charge in [-0.1, -0.05) is 24.6 Å². The Bertz CT molecular complexity index is 961. The molecule has 1 atom stereocenters. The third kappa shape index (κ3) is 7.50. The van der Waals surface area contributed by atoms with E-state index in [-0.39, 0.29) is 24.9 Å². The van der Waals surface area contributed by atoms with Crippen LogP contribution in [0, 0.1) is 0 Å². The lowest BCUT2D eigenvalue weighted by Crippen LogP contribution is -2.43. The van der Waals surface area contributed by atoms with Crippen molar-refractivity contribution in [1.29, 1.82) is 0 Å². The molecule has 1 unspecified atom stereocenters. The molecule has 2 aromatic rings. The maximum Gasteiger partial charge on any atom is 0.405 e. The summed E-state index contributed by atoms with van der Waals surface area (Å²) in [6, 6.07) is 13.1. The number of benzene rings is 2. The fourth-order valence-electron chi connectivity index (χ4n) is 3.13. The molecule has 0 bridgehead atoms. The average Bonchev–Trinajstić information content (AvgIpc) is 3.56. The fourth-order valence-corrected chi connectivity index (χ4v) is 3.13. The van der Waals surface area contributed by atoms with Crippen molar-refractivity contribution >= 4 is 35.0 Å². The molecule has 1 saturated carbocycles. The number of nitrogens with one attached hydrogen (secondary N) is 3. The number of unbranched alkanes of at least 4 members (excludes halogenated alkanes) is 1. The van der Waals surface area contributed by atoms with Gasteiger partial charge in [0.05, 0.1) is 17.5 Å². The van der Waals surface area contributed by atoms with Crippen LogP contribution in [-0.4, -0.2) is 35.2 Å². The molecule has 1 fully saturated rings. The van der Waals surface area contributed by atoms with Gasteiger partial charge in [-0.2, -0.15) is 0 Å². The van der Waals surface area contributed by atoms with Crippen LogP contribution in [-0.2, 0) is 9.59 Å². The lowest BCUT2D eigenvalue weighted by atomic mass is 10.1. The fraction of sp³-hybridized carbons (Fsp3) is 0.348. The van der Waals surface area contributed by atoms with E-state index in [0.29, 0.717) is 35.7 Å². The standard InChI is InChI=1S/C23H28N4O5/c24-18-8-1-2-9-19(18)26-21(28)11-4-3-10-20(27-23(30)31)22(29)25-15-6-5-7-17(14-15)32-16-12-13-16/h1-2,5-9,14,16,20,27H,3-4,10-13,24H2,(H,25,29)(H,26,28)(H,30,31). The van der Waals surface area contributed by atoms with Crippen molar-refractivity contribution in [3.05, 3.63) is 48.5 Å². The molecular formula is C23H28N4O5. The van der Waals surface area contributed by atoms with Gasteiger partial charge in [-0.15, -0.1) is 0 Å². The molecule has 32 heavy (non-hydrogen) atoms. The number of amides is 3. The van der Waals surface area contributed by atoms with E-state index in [4.69, 9.17) is 15.6 Å². The van der Waals surface area contributed by atoms with Gasteiger partial charge in [-0.05, 0) is 49.9 Å². The van der Waals surface area contributed by atoms with Crippen molar-refractivity contribution in [2.75, 3.05) is 16.4 Å². The SMILES string of the molecule is Nc1ccccc1NC(=O)CCCCC(NC(=O)O)C(=O)Nc1cccc(OC2CC2)c1. The highest BCUT2D eigenvalue weighted by molar-refractivity contribution is 5.96. The minimum Gasteiger partial charge on any atom is -0.490 e. The highest BCUT2D eigenvalue weighted by Gasteiger charge is 2.24. The van der Waals surface area contributed by atoms with E-state index in [1.54, 1.807) is 42.5 Å². The molecule has 170 valence electrons. The third-order valence-electron chi connectivity index (χ3n) is 4.92. The number of nitrogens with two attached hydrogens (primary N) is 1. The second-order valence-corrected chi connectivity index (χ2v) is 7.72. The molecule has 0 aromatic heterocycles. The predicted molar refractivity (Wildman–Crippen MR) is 122 cm³/mol. The minimum atomic E-state index is -1.28. The van der Waals surface area contributed by atoms with Crippen molar-refractivity contribution in [3.63, 3.8) is 0 Å². The van der Waals surface area contributed by atoms with E-state index < -0.39 is 18.0 Å². The van der Waals surface area contributed by atoms with Gasteiger partial charge in [-0.3, -0.25) is 9.59 Å². The summed E-state index contributed by atoms with van der Waals surface area (Å²) >= 11 is 0. The van der Waals surface area contributed by atoms with Crippen LogP contribution >= 0.6 is 0 Å². The van der Waals surface area contributed by atoms with Gasteiger partial charge in [0.25, 0.3) is 0 Å². The number of carbonyl (C=O) groups is 3. The summed E-state index contributed by atoms with van der Waals surface area (Å²) in [7, 11) is 0. The average molecular weight is 441 g/mol. The Kier molecular flexibility index (Phi) is 7.91. The quantitative estimate of drug-likeness (QED) is 0.267. The van der Waals surface area contributed by atoms with Crippen LogP contribution in [0.5, 0.6) is 5.75 Å². The molecule has 1 aliphatic rings. The van der Waals surface area contributed by atoms with E-state index in [9.17, 15) is 14.4 Å². The molecule has 6 N–H and O–H groups in total. The Morgan fingerprint density at radius 3 is 2.56 bits per heavy atom. The van der Waals surface area contributed by atoms with Crippen molar-refractivity contribution in [3.8, 4) is 5.75 Å². The molecule has 9 nitrogen and oxygen atoms in total. The van der Waals surface area contributed by atoms with Crippen molar-refractivity contribution < 1.29 is 24.2 Å². The molecule has 0 saturated heterocycles. The number of rotatable bonds is 11. The number of hydrogen-bond donors (Lipinski definition) is 5. The van der Waals surface area contributed by atoms with Crippen LogP contribution in [0.4, 0.5) is 21.9 Å².